The Kier molecular flexibility index (Phi) is 2.85. The summed E-state index contributed by atoms with van der Waals surface area (Å²) in [4.78, 5) is 27.1. The minimum Gasteiger partial charge on any atom is -0.274 e. The minimum atomic E-state index is -0.244. The lowest BCUT2D eigenvalue weighted by Gasteiger charge is -2.19. The third-order valence-electron chi connectivity index (χ3n) is 5.06. The molecule has 22 heavy (non-hydrogen) atoms. The van der Waals surface area contributed by atoms with Crippen LogP contribution in [-0.2, 0) is 9.59 Å². The summed E-state index contributed by atoms with van der Waals surface area (Å²) in [7, 11) is 0. The lowest BCUT2D eigenvalue weighted by atomic mass is 9.85. The van der Waals surface area contributed by atoms with Gasteiger partial charge in [0.25, 0.3) is 0 Å². The maximum atomic E-state index is 12.9. The first kappa shape index (κ1) is 13.8. The van der Waals surface area contributed by atoms with Gasteiger partial charge in [0.2, 0.25) is 11.8 Å². The number of rotatable bonds is 1. The highest BCUT2D eigenvalue weighted by molar-refractivity contribution is 6.31. The zero-order valence-corrected chi connectivity index (χ0v) is 13.2. The first-order valence-electron chi connectivity index (χ1n) is 7.49. The molecule has 1 aromatic carbocycles. The second kappa shape index (κ2) is 4.56. The fourth-order valence-corrected chi connectivity index (χ4v) is 4.48. The average Bonchev–Trinajstić information content (AvgIpc) is 3.09. The molecule has 0 radical (unpaired) electrons. The summed E-state index contributed by atoms with van der Waals surface area (Å²) < 4.78 is 0. The van der Waals surface area contributed by atoms with E-state index in [1.807, 2.05) is 0 Å². The predicted molar refractivity (Wildman–Crippen MR) is 85.4 cm³/mol. The van der Waals surface area contributed by atoms with Crippen molar-refractivity contribution in [3.63, 3.8) is 0 Å². The number of allylic oxidation sites excluding steroid dienone is 4. The highest BCUT2D eigenvalue weighted by Crippen LogP contribution is 2.57. The first-order chi connectivity index (χ1) is 10.5. The van der Waals surface area contributed by atoms with Crippen LogP contribution in [-0.4, -0.2) is 11.8 Å². The van der Waals surface area contributed by atoms with Crippen molar-refractivity contribution in [1.82, 2.24) is 0 Å². The molecule has 112 valence electrons. The second-order valence-corrected chi connectivity index (χ2v) is 6.87. The van der Waals surface area contributed by atoms with Gasteiger partial charge in [-0.2, -0.15) is 0 Å². The van der Waals surface area contributed by atoms with Crippen LogP contribution < -0.4 is 4.90 Å². The zero-order valence-electron chi connectivity index (χ0n) is 12.4. The number of hydrogen-bond donors (Lipinski definition) is 0. The SMILES string of the molecule is CC(C)=C1C2C=CC1[C@@H]1C(=O)N(c3cccc(Cl)c3)C(=O)[C@H]21. The predicted octanol–water partition coefficient (Wildman–Crippen LogP) is 3.60. The molecular weight excluding hydrogens is 298 g/mol. The summed E-state index contributed by atoms with van der Waals surface area (Å²) in [6, 6.07) is 6.94. The standard InChI is InChI=1S/C18H16ClNO2/c1-9(2)14-12-6-7-13(14)16-15(12)17(21)20(18(16)22)11-5-3-4-10(19)8-11/h3-8,12-13,15-16H,1-2H3/t12?,13?,15-,16+. The lowest BCUT2D eigenvalue weighted by molar-refractivity contribution is -0.122. The maximum Gasteiger partial charge on any atom is 0.238 e. The fourth-order valence-electron chi connectivity index (χ4n) is 4.30. The first-order valence-corrected chi connectivity index (χ1v) is 7.87. The van der Waals surface area contributed by atoms with Crippen LogP contribution in [0.25, 0.3) is 0 Å². The van der Waals surface area contributed by atoms with Crippen LogP contribution in [0.15, 0.2) is 47.6 Å². The van der Waals surface area contributed by atoms with E-state index in [0.717, 1.165) is 0 Å². The fraction of sp³-hybridized carbons (Fsp3) is 0.333. The molecule has 3 aliphatic rings. The Morgan fingerprint density at radius 1 is 1.05 bits per heavy atom. The Hall–Kier alpha value is -1.87. The van der Waals surface area contributed by atoms with E-state index < -0.39 is 0 Å². The number of halogens is 1. The number of anilines is 1. The van der Waals surface area contributed by atoms with E-state index in [2.05, 4.69) is 26.0 Å². The van der Waals surface area contributed by atoms with E-state index in [1.165, 1.54) is 16.0 Å². The van der Waals surface area contributed by atoms with Crippen molar-refractivity contribution in [3.8, 4) is 0 Å². The monoisotopic (exact) mass is 313 g/mol. The van der Waals surface area contributed by atoms with E-state index >= 15 is 0 Å². The molecule has 1 aliphatic heterocycles. The number of hydrogen-bond acceptors (Lipinski definition) is 2. The molecular formula is C18H16ClNO2. The molecule has 2 bridgehead atoms. The number of imide groups is 1. The molecule has 1 saturated carbocycles. The van der Waals surface area contributed by atoms with Gasteiger partial charge in [0, 0.05) is 16.9 Å². The van der Waals surface area contributed by atoms with Gasteiger partial charge < -0.3 is 0 Å². The van der Waals surface area contributed by atoms with E-state index in [4.69, 9.17) is 11.6 Å². The van der Waals surface area contributed by atoms with Crippen molar-refractivity contribution in [2.75, 3.05) is 4.90 Å². The van der Waals surface area contributed by atoms with E-state index in [-0.39, 0.29) is 35.5 Å². The number of fused-ring (bicyclic) bond motifs is 5. The highest BCUT2D eigenvalue weighted by Gasteiger charge is 2.61. The Morgan fingerprint density at radius 3 is 2.14 bits per heavy atom. The summed E-state index contributed by atoms with van der Waals surface area (Å²) in [5.41, 5.74) is 3.07. The third-order valence-corrected chi connectivity index (χ3v) is 5.29. The molecule has 0 aromatic heterocycles. The van der Waals surface area contributed by atoms with Gasteiger partial charge in [-0.05, 0) is 32.0 Å². The molecule has 2 unspecified atom stereocenters. The summed E-state index contributed by atoms with van der Waals surface area (Å²) >= 11 is 6.00. The van der Waals surface area contributed by atoms with Gasteiger partial charge in [-0.25, -0.2) is 4.90 Å². The molecule has 2 fully saturated rings. The van der Waals surface area contributed by atoms with Crippen molar-refractivity contribution < 1.29 is 9.59 Å². The van der Waals surface area contributed by atoms with E-state index in [1.54, 1.807) is 24.3 Å². The molecule has 3 nitrogen and oxygen atoms in total. The Labute approximate surface area is 134 Å². The molecule has 0 N–H and O–H groups in total. The Bertz CT molecular complexity index is 726. The number of carbonyl (C=O) groups is 2. The quantitative estimate of drug-likeness (QED) is 0.587. The average molecular weight is 314 g/mol. The molecule has 2 aliphatic carbocycles. The van der Waals surface area contributed by atoms with Gasteiger partial charge >= 0.3 is 0 Å². The van der Waals surface area contributed by atoms with Crippen molar-refractivity contribution in [2.24, 2.45) is 23.7 Å². The third kappa shape index (κ3) is 1.63. The maximum absolute atomic E-state index is 12.9. The van der Waals surface area contributed by atoms with Crippen LogP contribution in [0.1, 0.15) is 13.8 Å². The van der Waals surface area contributed by atoms with E-state index in [0.29, 0.717) is 10.7 Å². The minimum absolute atomic E-state index is 0.0839. The van der Waals surface area contributed by atoms with Crippen molar-refractivity contribution in [3.05, 3.63) is 52.6 Å². The second-order valence-electron chi connectivity index (χ2n) is 6.44. The van der Waals surface area contributed by atoms with Gasteiger partial charge in [-0.3, -0.25) is 9.59 Å². The smallest absolute Gasteiger partial charge is 0.238 e. The number of amides is 2. The van der Waals surface area contributed by atoms with Crippen molar-refractivity contribution in [2.45, 2.75) is 13.8 Å². The van der Waals surface area contributed by atoms with Crippen LogP contribution in [0.5, 0.6) is 0 Å². The molecule has 2 amide bonds. The Balaban J connectivity index is 1.78. The zero-order chi connectivity index (χ0) is 15.6. The summed E-state index contributed by atoms with van der Waals surface area (Å²) in [6.07, 6.45) is 4.20. The molecule has 1 aromatic rings. The molecule has 4 heteroatoms. The highest BCUT2D eigenvalue weighted by atomic mass is 35.5. The largest absolute Gasteiger partial charge is 0.274 e. The van der Waals surface area contributed by atoms with Crippen LogP contribution in [0.2, 0.25) is 5.02 Å². The molecule has 1 heterocycles. The number of benzene rings is 1. The van der Waals surface area contributed by atoms with Crippen LogP contribution in [0.4, 0.5) is 5.69 Å². The van der Waals surface area contributed by atoms with Gasteiger partial charge in [-0.15, -0.1) is 0 Å². The van der Waals surface area contributed by atoms with Crippen LogP contribution in [0, 0.1) is 23.7 Å². The van der Waals surface area contributed by atoms with Gasteiger partial charge in [0.15, 0.2) is 0 Å². The Morgan fingerprint density at radius 2 is 1.64 bits per heavy atom. The van der Waals surface area contributed by atoms with E-state index in [9.17, 15) is 9.59 Å². The molecule has 4 atom stereocenters. The number of carbonyl (C=O) groups excluding carboxylic acids is 2. The number of nitrogens with zero attached hydrogens (tertiary/aromatic N) is 1. The topological polar surface area (TPSA) is 37.4 Å². The van der Waals surface area contributed by atoms with Crippen LogP contribution in [0.3, 0.4) is 0 Å². The van der Waals surface area contributed by atoms with Gasteiger partial charge in [-0.1, -0.05) is 41.0 Å². The van der Waals surface area contributed by atoms with Crippen molar-refractivity contribution in [1.29, 1.82) is 0 Å². The summed E-state index contributed by atoms with van der Waals surface area (Å²) in [5, 5.41) is 0.529. The van der Waals surface area contributed by atoms with Gasteiger partial charge in [0.1, 0.15) is 0 Å². The summed E-state index contributed by atoms with van der Waals surface area (Å²) in [6.45, 7) is 4.13. The molecule has 0 spiro atoms. The van der Waals surface area contributed by atoms with Crippen molar-refractivity contribution >= 4 is 29.1 Å². The molecule has 4 rings (SSSR count). The normalized spacial score (nSPS) is 32.1. The summed E-state index contributed by atoms with van der Waals surface area (Å²) in [5.74, 6) is -0.500. The lowest BCUT2D eigenvalue weighted by Crippen LogP contribution is -2.33. The van der Waals surface area contributed by atoms with Gasteiger partial charge in [0.05, 0.1) is 17.5 Å². The van der Waals surface area contributed by atoms with Crippen LogP contribution >= 0.6 is 11.6 Å². The molecule has 1 saturated heterocycles.